The minimum absolute atomic E-state index is 1.24. The van der Waals surface area contributed by atoms with Crippen LogP contribution in [0.3, 0.4) is 0 Å². The van der Waals surface area contributed by atoms with E-state index in [1.807, 2.05) is 0 Å². The van der Waals surface area contributed by atoms with Crippen molar-refractivity contribution >= 4 is 5.52 Å². The zero-order valence-electron chi connectivity index (χ0n) is 9.22. The Morgan fingerprint density at radius 3 is 2.56 bits per heavy atom. The Labute approximate surface area is 95.0 Å². The van der Waals surface area contributed by atoms with Crippen LogP contribution >= 0.6 is 0 Å². The van der Waals surface area contributed by atoms with Crippen LogP contribution in [0.4, 0.5) is 0 Å². The van der Waals surface area contributed by atoms with Crippen molar-refractivity contribution in [3.8, 4) is 11.1 Å². The molecule has 0 saturated heterocycles. The van der Waals surface area contributed by atoms with Gasteiger partial charge in [0, 0.05) is 23.5 Å². The summed E-state index contributed by atoms with van der Waals surface area (Å²) in [5.74, 6) is 0. The third kappa shape index (κ3) is 1.41. The van der Waals surface area contributed by atoms with E-state index in [9.17, 15) is 0 Å². The summed E-state index contributed by atoms with van der Waals surface area (Å²) in [6.45, 7) is 2.15. The van der Waals surface area contributed by atoms with Crippen LogP contribution in [0.25, 0.3) is 16.6 Å². The summed E-state index contributed by atoms with van der Waals surface area (Å²) in [5.41, 5.74) is 5.15. The monoisotopic (exact) mass is 207 g/mol. The lowest BCUT2D eigenvalue weighted by Gasteiger charge is -2.01. The molecule has 3 rings (SSSR count). The minimum Gasteiger partial charge on any atom is -0.323 e. The Bertz CT molecular complexity index is 601. The molecule has 0 N–H and O–H groups in total. The highest BCUT2D eigenvalue weighted by Crippen LogP contribution is 2.25. The molecule has 1 heteroatoms. The number of nitrogens with zero attached hydrogens (tertiary/aromatic N) is 1. The molecular formula is C15H13N. The van der Waals surface area contributed by atoms with Gasteiger partial charge in [0.1, 0.15) is 0 Å². The summed E-state index contributed by atoms with van der Waals surface area (Å²) in [6.07, 6.45) is 4.26. The van der Waals surface area contributed by atoms with Gasteiger partial charge in [0.15, 0.2) is 0 Å². The molecule has 0 amide bonds. The van der Waals surface area contributed by atoms with E-state index >= 15 is 0 Å². The first kappa shape index (κ1) is 9.22. The normalized spacial score (nSPS) is 10.8. The number of fused-ring (bicyclic) bond motifs is 1. The van der Waals surface area contributed by atoms with Crippen molar-refractivity contribution in [2.45, 2.75) is 6.92 Å². The van der Waals surface area contributed by atoms with Crippen LogP contribution in [0.15, 0.2) is 60.9 Å². The fourth-order valence-corrected chi connectivity index (χ4v) is 2.10. The highest BCUT2D eigenvalue weighted by Gasteiger charge is 2.03. The topological polar surface area (TPSA) is 4.41 Å². The molecule has 0 bridgehead atoms. The lowest BCUT2D eigenvalue weighted by Crippen LogP contribution is -1.79. The fraction of sp³-hybridized carbons (Fsp3) is 0.0667. The van der Waals surface area contributed by atoms with Gasteiger partial charge in [-0.1, -0.05) is 30.3 Å². The molecule has 0 fully saturated rings. The Balaban J connectivity index is 2.23. The van der Waals surface area contributed by atoms with Gasteiger partial charge in [0.2, 0.25) is 0 Å². The molecule has 0 spiro atoms. The zero-order valence-corrected chi connectivity index (χ0v) is 9.22. The van der Waals surface area contributed by atoms with Crippen LogP contribution in [-0.2, 0) is 0 Å². The number of pyridine rings is 1. The van der Waals surface area contributed by atoms with Crippen molar-refractivity contribution in [2.75, 3.05) is 0 Å². The fourth-order valence-electron chi connectivity index (χ4n) is 2.10. The van der Waals surface area contributed by atoms with E-state index in [4.69, 9.17) is 0 Å². The summed E-state index contributed by atoms with van der Waals surface area (Å²) in [6, 6.07) is 17.0. The first-order valence-corrected chi connectivity index (χ1v) is 5.47. The van der Waals surface area contributed by atoms with Gasteiger partial charge in [-0.15, -0.1) is 0 Å². The Kier molecular flexibility index (Phi) is 2.03. The van der Waals surface area contributed by atoms with E-state index in [0.29, 0.717) is 0 Å². The molecular weight excluding hydrogens is 194 g/mol. The summed E-state index contributed by atoms with van der Waals surface area (Å²) in [5, 5.41) is 0. The summed E-state index contributed by atoms with van der Waals surface area (Å²) in [7, 11) is 0. The number of aryl methyl sites for hydroxylation is 1. The van der Waals surface area contributed by atoms with Crippen LogP contribution in [0.1, 0.15) is 5.56 Å². The number of benzene rings is 1. The smallest absolute Gasteiger partial charge is 0.0456 e. The number of hydrogen-bond donors (Lipinski definition) is 0. The van der Waals surface area contributed by atoms with Gasteiger partial charge in [0.05, 0.1) is 0 Å². The maximum absolute atomic E-state index is 2.22. The van der Waals surface area contributed by atoms with E-state index < -0.39 is 0 Å². The van der Waals surface area contributed by atoms with Crippen LogP contribution in [0, 0.1) is 6.92 Å². The number of rotatable bonds is 1. The summed E-state index contributed by atoms with van der Waals surface area (Å²) in [4.78, 5) is 0. The quantitative estimate of drug-likeness (QED) is 0.569. The van der Waals surface area contributed by atoms with Crippen molar-refractivity contribution < 1.29 is 0 Å². The number of hydrogen-bond acceptors (Lipinski definition) is 0. The van der Waals surface area contributed by atoms with Gasteiger partial charge in [-0.3, -0.25) is 0 Å². The summed E-state index contributed by atoms with van der Waals surface area (Å²) < 4.78 is 2.15. The van der Waals surface area contributed by atoms with Gasteiger partial charge in [0.25, 0.3) is 0 Å². The summed E-state index contributed by atoms with van der Waals surface area (Å²) >= 11 is 0. The zero-order chi connectivity index (χ0) is 11.0. The highest BCUT2D eigenvalue weighted by atomic mass is 14.8. The maximum atomic E-state index is 2.22. The SMILES string of the molecule is Cc1ccccc1-c1cc2ccccn2c1. The van der Waals surface area contributed by atoms with Gasteiger partial charge >= 0.3 is 0 Å². The Morgan fingerprint density at radius 1 is 0.938 bits per heavy atom. The molecule has 1 aromatic carbocycles. The van der Waals surface area contributed by atoms with Crippen LogP contribution in [-0.4, -0.2) is 4.40 Å². The average Bonchev–Trinajstić information content (AvgIpc) is 2.73. The van der Waals surface area contributed by atoms with Gasteiger partial charge in [-0.2, -0.15) is 0 Å². The van der Waals surface area contributed by atoms with Gasteiger partial charge in [-0.25, -0.2) is 0 Å². The molecule has 2 aromatic heterocycles. The van der Waals surface area contributed by atoms with Crippen LogP contribution in [0.5, 0.6) is 0 Å². The molecule has 0 aliphatic heterocycles. The average molecular weight is 207 g/mol. The Hall–Kier alpha value is -2.02. The molecule has 1 nitrogen and oxygen atoms in total. The minimum atomic E-state index is 1.24. The second-order valence-electron chi connectivity index (χ2n) is 4.08. The molecule has 3 aromatic rings. The van der Waals surface area contributed by atoms with Gasteiger partial charge < -0.3 is 4.40 Å². The first-order chi connectivity index (χ1) is 7.84. The third-order valence-corrected chi connectivity index (χ3v) is 2.96. The van der Waals surface area contributed by atoms with Crippen molar-refractivity contribution in [3.63, 3.8) is 0 Å². The van der Waals surface area contributed by atoms with Crippen molar-refractivity contribution in [3.05, 3.63) is 66.5 Å². The van der Waals surface area contributed by atoms with Crippen molar-refractivity contribution in [1.29, 1.82) is 0 Å². The Morgan fingerprint density at radius 2 is 1.75 bits per heavy atom. The van der Waals surface area contributed by atoms with E-state index in [0.717, 1.165) is 0 Å². The maximum Gasteiger partial charge on any atom is 0.0456 e. The molecule has 2 heterocycles. The lowest BCUT2D eigenvalue weighted by molar-refractivity contribution is 1.20. The van der Waals surface area contributed by atoms with Crippen molar-refractivity contribution in [1.82, 2.24) is 4.40 Å². The van der Waals surface area contributed by atoms with E-state index in [1.165, 1.54) is 22.2 Å². The molecule has 78 valence electrons. The lowest BCUT2D eigenvalue weighted by atomic mass is 10.0. The third-order valence-electron chi connectivity index (χ3n) is 2.96. The molecule has 0 saturated carbocycles. The van der Waals surface area contributed by atoms with Crippen molar-refractivity contribution in [2.24, 2.45) is 0 Å². The van der Waals surface area contributed by atoms with Gasteiger partial charge in [-0.05, 0) is 36.2 Å². The van der Waals surface area contributed by atoms with E-state index in [1.54, 1.807) is 0 Å². The second kappa shape index (κ2) is 3.53. The largest absolute Gasteiger partial charge is 0.323 e. The van der Waals surface area contributed by atoms with Crippen LogP contribution in [0.2, 0.25) is 0 Å². The predicted molar refractivity (Wildman–Crippen MR) is 67.6 cm³/mol. The van der Waals surface area contributed by atoms with E-state index in [-0.39, 0.29) is 0 Å². The predicted octanol–water partition coefficient (Wildman–Crippen LogP) is 3.91. The first-order valence-electron chi connectivity index (χ1n) is 5.47. The molecule has 16 heavy (non-hydrogen) atoms. The molecule has 0 aliphatic rings. The molecule has 0 atom stereocenters. The highest BCUT2D eigenvalue weighted by molar-refractivity contribution is 5.72. The van der Waals surface area contributed by atoms with E-state index in [2.05, 4.69) is 72.2 Å². The molecule has 0 aliphatic carbocycles. The standard InChI is InChI=1S/C15H13N/c1-12-6-2-3-8-15(12)13-10-14-7-4-5-9-16(14)11-13/h2-11H,1H3. The molecule has 0 radical (unpaired) electrons. The van der Waals surface area contributed by atoms with Crippen LogP contribution < -0.4 is 0 Å². The number of aromatic nitrogens is 1. The molecule has 0 unspecified atom stereocenters. The second-order valence-corrected chi connectivity index (χ2v) is 4.08.